The molecule has 0 saturated carbocycles. The van der Waals surface area contributed by atoms with E-state index in [1.165, 1.54) is 0 Å². The van der Waals surface area contributed by atoms with Crippen molar-refractivity contribution < 1.29 is 0 Å². The number of terminal acetylenes is 1. The minimum Gasteiger partial charge on any atom is -0.313 e. The molecule has 1 N–H and O–H groups in total. The summed E-state index contributed by atoms with van der Waals surface area (Å²) in [6.45, 7) is 0. The standard InChI is InChI=1S/C15H17N3/c1-3-4-10-15(16-2)13-11-17-18(12-13)14-8-6-5-7-9-14/h1,5-9,11-12,15-16H,4,10H2,2H3. The third-order valence-corrected chi connectivity index (χ3v) is 2.95. The van der Waals surface area contributed by atoms with Crippen LogP contribution in [0.4, 0.5) is 0 Å². The lowest BCUT2D eigenvalue weighted by atomic mass is 10.1. The third kappa shape index (κ3) is 2.79. The summed E-state index contributed by atoms with van der Waals surface area (Å²) in [7, 11) is 1.95. The molecule has 0 amide bonds. The van der Waals surface area contributed by atoms with Crippen LogP contribution in [-0.2, 0) is 0 Å². The Labute approximate surface area is 108 Å². The second kappa shape index (κ2) is 6.04. The number of para-hydroxylation sites is 1. The van der Waals surface area contributed by atoms with E-state index < -0.39 is 0 Å². The quantitative estimate of drug-likeness (QED) is 0.813. The summed E-state index contributed by atoms with van der Waals surface area (Å²) in [6.07, 6.45) is 10.9. The van der Waals surface area contributed by atoms with Crippen LogP contribution in [0.5, 0.6) is 0 Å². The van der Waals surface area contributed by atoms with Crippen LogP contribution in [0, 0.1) is 12.3 Å². The highest BCUT2D eigenvalue weighted by atomic mass is 15.3. The van der Waals surface area contributed by atoms with Crippen molar-refractivity contribution in [1.82, 2.24) is 15.1 Å². The first-order chi connectivity index (χ1) is 8.85. The molecule has 1 atom stereocenters. The fraction of sp³-hybridized carbons (Fsp3) is 0.267. The second-order valence-electron chi connectivity index (χ2n) is 4.14. The summed E-state index contributed by atoms with van der Waals surface area (Å²) in [6, 6.07) is 10.3. The molecule has 0 bridgehead atoms. The van der Waals surface area contributed by atoms with E-state index in [9.17, 15) is 0 Å². The van der Waals surface area contributed by atoms with E-state index in [0.29, 0.717) is 0 Å². The maximum Gasteiger partial charge on any atom is 0.0645 e. The highest BCUT2D eigenvalue weighted by molar-refractivity contribution is 5.31. The number of hydrogen-bond acceptors (Lipinski definition) is 2. The van der Waals surface area contributed by atoms with Gasteiger partial charge in [-0.05, 0) is 25.6 Å². The molecule has 2 aromatic rings. The molecule has 18 heavy (non-hydrogen) atoms. The molecule has 0 aliphatic heterocycles. The average molecular weight is 239 g/mol. The molecule has 0 fully saturated rings. The molecular formula is C15H17N3. The number of aromatic nitrogens is 2. The topological polar surface area (TPSA) is 29.9 Å². The summed E-state index contributed by atoms with van der Waals surface area (Å²) in [5, 5.41) is 7.66. The van der Waals surface area contributed by atoms with Crippen molar-refractivity contribution >= 4 is 0 Å². The van der Waals surface area contributed by atoms with E-state index >= 15 is 0 Å². The van der Waals surface area contributed by atoms with Gasteiger partial charge >= 0.3 is 0 Å². The fourth-order valence-corrected chi connectivity index (χ4v) is 1.94. The predicted octanol–water partition coefficient (Wildman–Crippen LogP) is 2.55. The molecule has 0 saturated heterocycles. The van der Waals surface area contributed by atoms with Crippen LogP contribution in [0.15, 0.2) is 42.7 Å². The first-order valence-corrected chi connectivity index (χ1v) is 6.06. The molecule has 1 aromatic carbocycles. The van der Waals surface area contributed by atoms with Gasteiger partial charge in [-0.3, -0.25) is 0 Å². The molecule has 3 nitrogen and oxygen atoms in total. The number of rotatable bonds is 5. The summed E-state index contributed by atoms with van der Waals surface area (Å²) >= 11 is 0. The van der Waals surface area contributed by atoms with Crippen molar-refractivity contribution in [3.8, 4) is 18.0 Å². The van der Waals surface area contributed by atoms with Crippen molar-refractivity contribution in [3.63, 3.8) is 0 Å². The molecule has 0 aliphatic rings. The third-order valence-electron chi connectivity index (χ3n) is 2.95. The van der Waals surface area contributed by atoms with E-state index in [0.717, 1.165) is 24.1 Å². The molecule has 92 valence electrons. The van der Waals surface area contributed by atoms with Gasteiger partial charge in [0.05, 0.1) is 11.9 Å². The normalized spacial score (nSPS) is 12.0. The maximum atomic E-state index is 5.31. The van der Waals surface area contributed by atoms with Crippen LogP contribution in [0.1, 0.15) is 24.4 Å². The second-order valence-corrected chi connectivity index (χ2v) is 4.14. The smallest absolute Gasteiger partial charge is 0.0645 e. The molecular weight excluding hydrogens is 222 g/mol. The van der Waals surface area contributed by atoms with Crippen LogP contribution < -0.4 is 5.32 Å². The van der Waals surface area contributed by atoms with Crippen LogP contribution in [0.3, 0.4) is 0 Å². The van der Waals surface area contributed by atoms with Crippen LogP contribution in [-0.4, -0.2) is 16.8 Å². The highest BCUT2D eigenvalue weighted by Crippen LogP contribution is 2.18. The number of nitrogens with zero attached hydrogens (tertiary/aromatic N) is 2. The largest absolute Gasteiger partial charge is 0.313 e. The van der Waals surface area contributed by atoms with Gasteiger partial charge in [-0.15, -0.1) is 12.3 Å². The fourth-order valence-electron chi connectivity index (χ4n) is 1.94. The SMILES string of the molecule is C#CCCC(NC)c1cnn(-c2ccccc2)c1. The molecule has 0 spiro atoms. The average Bonchev–Trinajstić information content (AvgIpc) is 2.90. The Hall–Kier alpha value is -2.05. The van der Waals surface area contributed by atoms with Gasteiger partial charge in [-0.25, -0.2) is 4.68 Å². The van der Waals surface area contributed by atoms with Gasteiger partial charge in [0.2, 0.25) is 0 Å². The van der Waals surface area contributed by atoms with Crippen molar-refractivity contribution in [2.24, 2.45) is 0 Å². The van der Waals surface area contributed by atoms with Gasteiger partial charge in [-0.2, -0.15) is 5.10 Å². The van der Waals surface area contributed by atoms with Crippen molar-refractivity contribution in [3.05, 3.63) is 48.3 Å². The molecule has 0 aliphatic carbocycles. The number of benzene rings is 1. The molecule has 3 heteroatoms. The zero-order valence-electron chi connectivity index (χ0n) is 10.5. The Bertz CT molecular complexity index is 522. The van der Waals surface area contributed by atoms with Gasteiger partial charge in [-0.1, -0.05) is 18.2 Å². The maximum absolute atomic E-state index is 5.31. The summed E-state index contributed by atoms with van der Waals surface area (Å²) in [4.78, 5) is 0. The highest BCUT2D eigenvalue weighted by Gasteiger charge is 2.11. The lowest BCUT2D eigenvalue weighted by molar-refractivity contribution is 0.558. The summed E-state index contributed by atoms with van der Waals surface area (Å²) in [5.74, 6) is 2.67. The Balaban J connectivity index is 2.17. The van der Waals surface area contributed by atoms with Crippen molar-refractivity contribution in [2.75, 3.05) is 7.05 Å². The van der Waals surface area contributed by atoms with Crippen LogP contribution >= 0.6 is 0 Å². The van der Waals surface area contributed by atoms with Gasteiger partial charge in [0, 0.05) is 24.2 Å². The van der Waals surface area contributed by atoms with E-state index in [2.05, 4.69) is 16.3 Å². The molecule has 1 unspecified atom stereocenters. The minimum atomic E-state index is 0.263. The zero-order valence-corrected chi connectivity index (χ0v) is 10.5. The molecule has 2 rings (SSSR count). The number of nitrogens with one attached hydrogen (secondary N) is 1. The molecule has 1 heterocycles. The van der Waals surface area contributed by atoms with Crippen LogP contribution in [0.25, 0.3) is 5.69 Å². The van der Waals surface area contributed by atoms with Gasteiger partial charge in [0.1, 0.15) is 0 Å². The molecule has 0 radical (unpaired) electrons. The van der Waals surface area contributed by atoms with Crippen molar-refractivity contribution in [1.29, 1.82) is 0 Å². The Kier molecular flexibility index (Phi) is 4.16. The van der Waals surface area contributed by atoms with Crippen LogP contribution in [0.2, 0.25) is 0 Å². The molecule has 1 aromatic heterocycles. The van der Waals surface area contributed by atoms with E-state index in [1.807, 2.05) is 54.5 Å². The first-order valence-electron chi connectivity index (χ1n) is 6.06. The van der Waals surface area contributed by atoms with Gasteiger partial charge < -0.3 is 5.32 Å². The summed E-state index contributed by atoms with van der Waals surface area (Å²) < 4.78 is 1.88. The Morgan fingerprint density at radius 2 is 2.17 bits per heavy atom. The van der Waals surface area contributed by atoms with E-state index in [1.54, 1.807) is 0 Å². The van der Waals surface area contributed by atoms with Gasteiger partial charge in [0.15, 0.2) is 0 Å². The monoisotopic (exact) mass is 239 g/mol. The Morgan fingerprint density at radius 1 is 1.39 bits per heavy atom. The van der Waals surface area contributed by atoms with E-state index in [4.69, 9.17) is 6.42 Å². The lowest BCUT2D eigenvalue weighted by Gasteiger charge is -2.12. The van der Waals surface area contributed by atoms with Crippen molar-refractivity contribution in [2.45, 2.75) is 18.9 Å². The number of hydrogen-bond donors (Lipinski definition) is 1. The zero-order chi connectivity index (χ0) is 12.8. The summed E-state index contributed by atoms with van der Waals surface area (Å²) in [5.41, 5.74) is 2.23. The predicted molar refractivity (Wildman–Crippen MR) is 73.4 cm³/mol. The van der Waals surface area contributed by atoms with Gasteiger partial charge in [0.25, 0.3) is 0 Å². The first kappa shape index (κ1) is 12.4. The Morgan fingerprint density at radius 3 is 2.83 bits per heavy atom. The minimum absolute atomic E-state index is 0.263. The van der Waals surface area contributed by atoms with E-state index in [-0.39, 0.29) is 6.04 Å². The lowest BCUT2D eigenvalue weighted by Crippen LogP contribution is -2.15.